The van der Waals surface area contributed by atoms with Gasteiger partial charge < -0.3 is 10.6 Å². The summed E-state index contributed by atoms with van der Waals surface area (Å²) in [7, 11) is 0. The van der Waals surface area contributed by atoms with Crippen LogP contribution >= 0.6 is 15.9 Å². The zero-order valence-corrected chi connectivity index (χ0v) is 12.9. The molecule has 20 heavy (non-hydrogen) atoms. The van der Waals surface area contributed by atoms with Crippen LogP contribution in [0, 0.1) is 6.92 Å². The Hall–Kier alpha value is -1.81. The second-order valence-corrected chi connectivity index (χ2v) is 5.52. The molecule has 0 unspecified atom stereocenters. The van der Waals surface area contributed by atoms with Crippen LogP contribution in [0.25, 0.3) is 0 Å². The predicted molar refractivity (Wildman–Crippen MR) is 87.1 cm³/mol. The standard InChI is InChI=1S/C16H17BrN2O/c1-12-3-2-4-15(11-12)18-10-9-16(20)19-14-7-5-13(17)6-8-14/h2-8,11,18H,9-10H2,1H3,(H,19,20). The Morgan fingerprint density at radius 1 is 1.10 bits per heavy atom. The molecular formula is C16H17BrN2O. The van der Waals surface area contributed by atoms with Gasteiger partial charge >= 0.3 is 0 Å². The number of halogens is 1. The molecule has 2 rings (SSSR count). The largest absolute Gasteiger partial charge is 0.385 e. The van der Waals surface area contributed by atoms with Crippen LogP contribution in [0.3, 0.4) is 0 Å². The minimum atomic E-state index is 0.00692. The maximum absolute atomic E-state index is 11.8. The maximum atomic E-state index is 11.8. The lowest BCUT2D eigenvalue weighted by Gasteiger charge is -2.08. The van der Waals surface area contributed by atoms with Crippen molar-refractivity contribution in [3.63, 3.8) is 0 Å². The SMILES string of the molecule is Cc1cccc(NCCC(=O)Nc2ccc(Br)cc2)c1. The molecule has 0 spiro atoms. The number of nitrogens with one attached hydrogen (secondary N) is 2. The summed E-state index contributed by atoms with van der Waals surface area (Å²) in [5, 5.41) is 6.11. The number of carbonyl (C=O) groups excluding carboxylic acids is 1. The predicted octanol–water partition coefficient (Wildman–Crippen LogP) is 4.20. The van der Waals surface area contributed by atoms with Gasteiger partial charge in [-0.1, -0.05) is 28.1 Å². The fourth-order valence-electron chi connectivity index (χ4n) is 1.83. The van der Waals surface area contributed by atoms with E-state index in [-0.39, 0.29) is 5.91 Å². The number of rotatable bonds is 5. The summed E-state index contributed by atoms with van der Waals surface area (Å²) in [6, 6.07) is 15.7. The van der Waals surface area contributed by atoms with E-state index < -0.39 is 0 Å². The van der Waals surface area contributed by atoms with Crippen molar-refractivity contribution in [3.8, 4) is 0 Å². The van der Waals surface area contributed by atoms with E-state index in [1.807, 2.05) is 49.4 Å². The minimum absolute atomic E-state index is 0.00692. The smallest absolute Gasteiger partial charge is 0.226 e. The molecule has 0 saturated carbocycles. The lowest BCUT2D eigenvalue weighted by Crippen LogP contribution is -2.16. The third-order valence-electron chi connectivity index (χ3n) is 2.83. The normalized spacial score (nSPS) is 10.1. The number of anilines is 2. The molecular weight excluding hydrogens is 316 g/mol. The first-order valence-electron chi connectivity index (χ1n) is 6.49. The highest BCUT2D eigenvalue weighted by atomic mass is 79.9. The Bertz CT molecular complexity index is 581. The van der Waals surface area contributed by atoms with Crippen LogP contribution in [-0.2, 0) is 4.79 Å². The number of hydrogen-bond acceptors (Lipinski definition) is 2. The van der Waals surface area contributed by atoms with Crippen LogP contribution in [0.4, 0.5) is 11.4 Å². The molecule has 0 aliphatic carbocycles. The number of hydrogen-bond donors (Lipinski definition) is 2. The minimum Gasteiger partial charge on any atom is -0.385 e. The van der Waals surface area contributed by atoms with Gasteiger partial charge in [-0.2, -0.15) is 0 Å². The van der Waals surface area contributed by atoms with E-state index in [9.17, 15) is 4.79 Å². The molecule has 0 heterocycles. The van der Waals surface area contributed by atoms with Crippen LogP contribution in [0.1, 0.15) is 12.0 Å². The molecule has 0 atom stereocenters. The van der Waals surface area contributed by atoms with Crippen LogP contribution < -0.4 is 10.6 Å². The molecule has 0 saturated heterocycles. The van der Waals surface area contributed by atoms with Gasteiger partial charge in [0.15, 0.2) is 0 Å². The first-order chi connectivity index (χ1) is 9.63. The second-order valence-electron chi connectivity index (χ2n) is 4.60. The van der Waals surface area contributed by atoms with Crippen molar-refractivity contribution in [2.45, 2.75) is 13.3 Å². The Balaban J connectivity index is 1.76. The van der Waals surface area contributed by atoms with Crippen LogP contribution in [0.5, 0.6) is 0 Å². The first kappa shape index (κ1) is 14.6. The van der Waals surface area contributed by atoms with Gasteiger partial charge in [0.05, 0.1) is 0 Å². The van der Waals surface area contributed by atoms with Crippen molar-refractivity contribution in [1.29, 1.82) is 0 Å². The number of benzene rings is 2. The summed E-state index contributed by atoms with van der Waals surface area (Å²) in [5.41, 5.74) is 3.06. The molecule has 4 heteroatoms. The number of amides is 1. The molecule has 1 amide bonds. The molecule has 104 valence electrons. The fourth-order valence-corrected chi connectivity index (χ4v) is 2.10. The van der Waals surface area contributed by atoms with Gasteiger partial charge in [0.1, 0.15) is 0 Å². The van der Waals surface area contributed by atoms with Crippen LogP contribution in [0.2, 0.25) is 0 Å². The maximum Gasteiger partial charge on any atom is 0.226 e. The molecule has 0 aliphatic heterocycles. The zero-order valence-electron chi connectivity index (χ0n) is 11.3. The average Bonchev–Trinajstić information content (AvgIpc) is 2.41. The van der Waals surface area contributed by atoms with E-state index in [0.29, 0.717) is 13.0 Å². The molecule has 2 aromatic carbocycles. The second kappa shape index (κ2) is 7.10. The van der Waals surface area contributed by atoms with E-state index in [1.54, 1.807) is 0 Å². The van der Waals surface area contributed by atoms with Crippen molar-refractivity contribution in [3.05, 3.63) is 58.6 Å². The van der Waals surface area contributed by atoms with Crippen molar-refractivity contribution in [1.82, 2.24) is 0 Å². The van der Waals surface area contributed by atoms with Gasteiger partial charge in [-0.25, -0.2) is 0 Å². The third kappa shape index (κ3) is 4.70. The highest BCUT2D eigenvalue weighted by Crippen LogP contribution is 2.14. The highest BCUT2D eigenvalue weighted by molar-refractivity contribution is 9.10. The van der Waals surface area contributed by atoms with E-state index >= 15 is 0 Å². The van der Waals surface area contributed by atoms with Crippen molar-refractivity contribution in [2.24, 2.45) is 0 Å². The number of carbonyl (C=O) groups is 1. The monoisotopic (exact) mass is 332 g/mol. The Labute approximate surface area is 127 Å². The molecule has 0 aromatic heterocycles. The highest BCUT2D eigenvalue weighted by Gasteiger charge is 2.02. The van der Waals surface area contributed by atoms with Gasteiger partial charge in [-0.15, -0.1) is 0 Å². The topological polar surface area (TPSA) is 41.1 Å². The summed E-state index contributed by atoms with van der Waals surface area (Å²) >= 11 is 3.36. The van der Waals surface area contributed by atoms with Gasteiger partial charge in [0.2, 0.25) is 5.91 Å². The Morgan fingerprint density at radius 3 is 2.55 bits per heavy atom. The van der Waals surface area contributed by atoms with Crippen molar-refractivity contribution >= 4 is 33.2 Å². The summed E-state index contributed by atoms with van der Waals surface area (Å²) in [6.07, 6.45) is 0.435. The Morgan fingerprint density at radius 2 is 1.85 bits per heavy atom. The Kier molecular flexibility index (Phi) is 5.18. The van der Waals surface area contributed by atoms with Gasteiger partial charge in [-0.3, -0.25) is 4.79 Å². The van der Waals surface area contributed by atoms with Crippen LogP contribution in [-0.4, -0.2) is 12.5 Å². The fraction of sp³-hybridized carbons (Fsp3) is 0.188. The van der Waals surface area contributed by atoms with E-state index in [0.717, 1.165) is 15.8 Å². The summed E-state index contributed by atoms with van der Waals surface area (Å²) in [5.74, 6) is 0.00692. The number of aryl methyl sites for hydroxylation is 1. The molecule has 0 bridgehead atoms. The molecule has 3 nitrogen and oxygen atoms in total. The van der Waals surface area contributed by atoms with Crippen molar-refractivity contribution < 1.29 is 4.79 Å². The molecule has 2 N–H and O–H groups in total. The van der Waals surface area contributed by atoms with Gasteiger partial charge in [0, 0.05) is 28.8 Å². The van der Waals surface area contributed by atoms with Crippen LogP contribution in [0.15, 0.2) is 53.0 Å². The van der Waals surface area contributed by atoms with E-state index in [4.69, 9.17) is 0 Å². The molecule has 0 fully saturated rings. The summed E-state index contributed by atoms with van der Waals surface area (Å²) in [4.78, 5) is 11.8. The lowest BCUT2D eigenvalue weighted by atomic mass is 10.2. The van der Waals surface area contributed by atoms with Crippen molar-refractivity contribution in [2.75, 3.05) is 17.2 Å². The third-order valence-corrected chi connectivity index (χ3v) is 3.36. The molecule has 2 aromatic rings. The summed E-state index contributed by atoms with van der Waals surface area (Å²) < 4.78 is 0.997. The molecule has 0 radical (unpaired) electrons. The average molecular weight is 333 g/mol. The molecule has 0 aliphatic rings. The zero-order chi connectivity index (χ0) is 14.4. The van der Waals surface area contributed by atoms with Gasteiger partial charge in [0.25, 0.3) is 0 Å². The summed E-state index contributed by atoms with van der Waals surface area (Å²) in [6.45, 7) is 2.66. The van der Waals surface area contributed by atoms with E-state index in [2.05, 4.69) is 32.6 Å². The quantitative estimate of drug-likeness (QED) is 0.861. The van der Waals surface area contributed by atoms with E-state index in [1.165, 1.54) is 5.56 Å². The first-order valence-corrected chi connectivity index (χ1v) is 7.29. The van der Waals surface area contributed by atoms with Gasteiger partial charge in [-0.05, 0) is 48.9 Å². The lowest BCUT2D eigenvalue weighted by molar-refractivity contribution is -0.115.